The molecule has 0 radical (unpaired) electrons. The molecule has 31 heavy (non-hydrogen) atoms. The number of carbonyl (C=O) groups excluding carboxylic acids is 1. The van der Waals surface area contributed by atoms with Crippen LogP contribution in [0.1, 0.15) is 20.6 Å². The van der Waals surface area contributed by atoms with E-state index in [2.05, 4.69) is 24.8 Å². The number of ether oxygens (including phenoxy) is 1. The Morgan fingerprint density at radius 2 is 2.13 bits per heavy atom. The summed E-state index contributed by atoms with van der Waals surface area (Å²) in [7, 11) is -3.34. The molecule has 0 aliphatic carbocycles. The summed E-state index contributed by atoms with van der Waals surface area (Å²) >= 11 is 0. The minimum Gasteiger partial charge on any atom is -0.452 e. The van der Waals surface area contributed by atoms with Crippen molar-refractivity contribution in [3.8, 4) is 11.5 Å². The SMILES string of the molecule is [2H]c1nc2c(c(-c3nc(N)c(N(C(=O)OC([2H])([2H])[2H])C([2H])([2H])[2H])c(N)n3)nn2C([2H])([2H])c2ccccc2F)c([2H])c1[2H]. The van der Waals surface area contributed by atoms with Crippen molar-refractivity contribution in [2.45, 2.75) is 6.50 Å². The van der Waals surface area contributed by atoms with Gasteiger partial charge in [0.2, 0.25) is 0 Å². The minimum atomic E-state index is -3.39. The van der Waals surface area contributed by atoms with Gasteiger partial charge in [-0.15, -0.1) is 0 Å². The molecule has 0 aliphatic rings. The monoisotopic (exact) mass is 433 g/mol. The highest BCUT2D eigenvalue weighted by molar-refractivity contribution is 5.96. The van der Waals surface area contributed by atoms with E-state index in [1.807, 2.05) is 0 Å². The number of carbonyl (C=O) groups is 1. The maximum atomic E-state index is 14.6. The van der Waals surface area contributed by atoms with Gasteiger partial charge in [-0.2, -0.15) is 5.10 Å². The largest absolute Gasteiger partial charge is 0.452 e. The van der Waals surface area contributed by atoms with E-state index in [0.717, 1.165) is 12.1 Å². The van der Waals surface area contributed by atoms with Crippen LogP contribution in [0.4, 0.5) is 26.5 Å². The van der Waals surface area contributed by atoms with Crippen LogP contribution in [-0.2, 0) is 11.2 Å². The first kappa shape index (κ1) is 10.7. The minimum absolute atomic E-state index is 0.146. The number of hydrogen-bond donors (Lipinski definition) is 2. The van der Waals surface area contributed by atoms with E-state index < -0.39 is 90.7 Å². The number of nitrogens with zero attached hydrogens (tertiary/aromatic N) is 6. The summed E-state index contributed by atoms with van der Waals surface area (Å²) in [6.07, 6.45) is -2.60. The first-order valence-corrected chi connectivity index (χ1v) is 8.34. The summed E-state index contributed by atoms with van der Waals surface area (Å²) in [6.45, 7) is -6.17. The average molecular weight is 433 g/mol. The van der Waals surface area contributed by atoms with Gasteiger partial charge in [0, 0.05) is 22.8 Å². The fourth-order valence-corrected chi connectivity index (χ4v) is 2.66. The molecular formula is C20H19FN8O2. The van der Waals surface area contributed by atoms with Crippen molar-refractivity contribution in [2.24, 2.45) is 0 Å². The Kier molecular flexibility index (Phi) is 2.70. The molecule has 0 saturated carbocycles. The molecule has 0 unspecified atom stereocenters. The zero-order valence-corrected chi connectivity index (χ0v) is 15.3. The number of fused-ring (bicyclic) bond motifs is 1. The molecular weight excluding hydrogens is 403 g/mol. The number of nitrogen functional groups attached to an aromatic ring is 2. The first-order valence-electron chi connectivity index (χ1n) is 13.8. The highest BCUT2D eigenvalue weighted by Crippen LogP contribution is 2.32. The summed E-state index contributed by atoms with van der Waals surface area (Å²) in [4.78, 5) is 24.0. The number of hydrogen-bond acceptors (Lipinski definition) is 8. The molecule has 1 amide bonds. The second-order valence-electron chi connectivity index (χ2n) is 5.89. The summed E-state index contributed by atoms with van der Waals surface area (Å²) in [6, 6.07) is 3.47. The van der Waals surface area contributed by atoms with Gasteiger partial charge in [-0.25, -0.2) is 28.8 Å². The van der Waals surface area contributed by atoms with Gasteiger partial charge in [0.1, 0.15) is 17.2 Å². The number of amides is 1. The van der Waals surface area contributed by atoms with Crippen LogP contribution in [0.15, 0.2) is 42.5 Å². The van der Waals surface area contributed by atoms with E-state index in [1.165, 1.54) is 12.1 Å². The molecule has 3 heterocycles. The topological polar surface area (TPSA) is 138 Å². The Morgan fingerprint density at radius 3 is 2.84 bits per heavy atom. The van der Waals surface area contributed by atoms with Gasteiger partial charge < -0.3 is 16.2 Å². The van der Waals surface area contributed by atoms with Crippen molar-refractivity contribution < 1.29 is 29.0 Å². The van der Waals surface area contributed by atoms with Crippen LogP contribution in [0, 0.1) is 5.82 Å². The summed E-state index contributed by atoms with van der Waals surface area (Å²) in [5, 5.41) is 3.72. The van der Waals surface area contributed by atoms with E-state index in [4.69, 9.17) is 26.5 Å². The number of methoxy groups -OCH3 is 1. The Hall–Kier alpha value is -4.28. The second kappa shape index (κ2) is 7.86. The van der Waals surface area contributed by atoms with Crippen LogP contribution < -0.4 is 16.4 Å². The smallest absolute Gasteiger partial charge is 0.413 e. The Morgan fingerprint density at radius 1 is 1.35 bits per heavy atom. The van der Waals surface area contributed by atoms with Crippen LogP contribution in [0.2, 0.25) is 0 Å². The maximum absolute atomic E-state index is 14.6. The Bertz CT molecular complexity index is 1700. The predicted octanol–water partition coefficient (Wildman–Crippen LogP) is 2.44. The van der Waals surface area contributed by atoms with Crippen molar-refractivity contribution in [3.05, 3.63) is 53.9 Å². The van der Waals surface area contributed by atoms with Crippen molar-refractivity contribution in [1.29, 1.82) is 0 Å². The van der Waals surface area contributed by atoms with Crippen LogP contribution in [0.3, 0.4) is 0 Å². The molecule has 0 bridgehead atoms. The van der Waals surface area contributed by atoms with Gasteiger partial charge in [-0.1, -0.05) is 18.2 Å². The fourth-order valence-electron chi connectivity index (χ4n) is 2.66. The van der Waals surface area contributed by atoms with Crippen LogP contribution in [0.5, 0.6) is 0 Å². The summed E-state index contributed by atoms with van der Waals surface area (Å²) in [5.41, 5.74) is 9.60. The third kappa shape index (κ3) is 3.56. The number of anilines is 3. The number of pyridine rings is 1. The molecule has 10 nitrogen and oxygen atoms in total. The lowest BCUT2D eigenvalue weighted by Gasteiger charge is -2.18. The van der Waals surface area contributed by atoms with Gasteiger partial charge >= 0.3 is 6.09 Å². The number of halogens is 1. The van der Waals surface area contributed by atoms with Gasteiger partial charge in [-0.05, 0) is 18.2 Å². The highest BCUT2D eigenvalue weighted by atomic mass is 19.1. The number of benzene rings is 1. The van der Waals surface area contributed by atoms with Gasteiger partial charge in [0.05, 0.1) is 29.9 Å². The lowest BCUT2D eigenvalue weighted by molar-refractivity contribution is 0.180. The number of nitrogens with two attached hydrogens (primary N) is 2. The van der Waals surface area contributed by atoms with E-state index in [9.17, 15) is 9.18 Å². The summed E-state index contributed by atoms with van der Waals surface area (Å²) in [5.74, 6) is -3.11. The summed E-state index contributed by atoms with van der Waals surface area (Å²) < 4.78 is 105. The number of rotatable bonds is 4. The molecule has 3 aromatic heterocycles. The van der Waals surface area contributed by atoms with Crippen LogP contribution >= 0.6 is 0 Å². The van der Waals surface area contributed by atoms with Gasteiger partial charge in [0.25, 0.3) is 0 Å². The third-order valence-corrected chi connectivity index (χ3v) is 4.01. The average Bonchev–Trinajstić information content (AvgIpc) is 3.23. The van der Waals surface area contributed by atoms with E-state index >= 15 is 0 Å². The van der Waals surface area contributed by atoms with Crippen LogP contribution in [0.25, 0.3) is 22.6 Å². The first-order chi connectivity index (χ1) is 19.3. The van der Waals surface area contributed by atoms with Crippen molar-refractivity contribution in [1.82, 2.24) is 24.7 Å². The van der Waals surface area contributed by atoms with Crippen molar-refractivity contribution in [3.63, 3.8) is 0 Å². The van der Waals surface area contributed by atoms with E-state index in [-0.39, 0.29) is 10.3 Å². The molecule has 4 N–H and O–H groups in total. The van der Waals surface area contributed by atoms with Crippen molar-refractivity contribution >= 4 is 34.4 Å². The molecule has 0 fully saturated rings. The molecule has 0 saturated heterocycles. The van der Waals surface area contributed by atoms with Crippen molar-refractivity contribution in [2.75, 3.05) is 30.4 Å². The zero-order chi connectivity index (χ0) is 31.5. The lowest BCUT2D eigenvalue weighted by Crippen LogP contribution is -2.28. The Labute approximate surface area is 191 Å². The number of aromatic nitrogens is 5. The normalized spacial score (nSPS) is 17.4. The third-order valence-electron chi connectivity index (χ3n) is 4.01. The molecule has 11 heteroatoms. The molecule has 0 atom stereocenters. The lowest BCUT2D eigenvalue weighted by atomic mass is 10.2. The van der Waals surface area contributed by atoms with Crippen LogP contribution in [-0.4, -0.2) is 44.8 Å². The van der Waals surface area contributed by atoms with Gasteiger partial charge in [0.15, 0.2) is 23.1 Å². The Balaban J connectivity index is 1.99. The van der Waals surface area contributed by atoms with E-state index in [0.29, 0.717) is 4.68 Å². The maximum Gasteiger partial charge on any atom is 0.413 e. The molecule has 4 rings (SSSR count). The molecule has 158 valence electrons. The molecule has 1 aromatic carbocycles. The standard InChI is InChI=1S/C20H19FN8O2/c1-28(20(30)31-2)15-16(22)25-18(26-17(15)23)14-12-7-5-9-24-19(12)29(27-14)10-11-6-3-4-8-13(11)21/h3-9H,10H2,1-2H3,(H4,22,23,25,26)/i1D3,2D3,5D,7D,9D,10D2. The molecule has 4 aromatic rings. The predicted molar refractivity (Wildman–Crippen MR) is 114 cm³/mol. The molecule has 0 spiro atoms. The van der Waals surface area contributed by atoms with E-state index in [1.54, 1.807) is 0 Å². The highest BCUT2D eigenvalue weighted by Gasteiger charge is 2.23. The second-order valence-corrected chi connectivity index (χ2v) is 5.89. The fraction of sp³-hybridized carbons (Fsp3) is 0.150. The van der Waals surface area contributed by atoms with Gasteiger partial charge in [-0.3, -0.25) is 4.90 Å². The quantitative estimate of drug-likeness (QED) is 0.500. The molecule has 0 aliphatic heterocycles. The zero-order valence-electron chi connectivity index (χ0n) is 26.3.